The standard InChI is InChI=1S/C10H11N/c1-3-5-9(2)10-6-4-7-11-8-10/h3-8H,2H2,1H3. The normalized spacial score (nSPS) is 10.3. The first-order valence-electron chi connectivity index (χ1n) is 3.56. The van der Waals surface area contributed by atoms with E-state index in [-0.39, 0.29) is 0 Å². The highest BCUT2D eigenvalue weighted by atomic mass is 14.6. The van der Waals surface area contributed by atoms with Gasteiger partial charge in [0.15, 0.2) is 0 Å². The van der Waals surface area contributed by atoms with E-state index in [0.717, 1.165) is 11.1 Å². The molecule has 1 heteroatoms. The van der Waals surface area contributed by atoms with Crippen LogP contribution < -0.4 is 0 Å². The average molecular weight is 145 g/mol. The van der Waals surface area contributed by atoms with Gasteiger partial charge in [0.05, 0.1) is 0 Å². The Morgan fingerprint density at radius 2 is 2.45 bits per heavy atom. The molecule has 1 rings (SSSR count). The topological polar surface area (TPSA) is 12.9 Å². The Hall–Kier alpha value is -1.37. The van der Waals surface area contributed by atoms with Crippen LogP contribution in [0, 0.1) is 0 Å². The third kappa shape index (κ3) is 2.04. The summed E-state index contributed by atoms with van der Waals surface area (Å²) in [4.78, 5) is 3.99. The van der Waals surface area contributed by atoms with Crippen molar-refractivity contribution in [3.8, 4) is 0 Å². The second-order valence-electron chi connectivity index (χ2n) is 2.27. The van der Waals surface area contributed by atoms with Crippen LogP contribution in [0.4, 0.5) is 0 Å². The summed E-state index contributed by atoms with van der Waals surface area (Å²) in [5, 5.41) is 0. The third-order valence-corrected chi connectivity index (χ3v) is 1.40. The van der Waals surface area contributed by atoms with Crippen molar-refractivity contribution in [2.45, 2.75) is 6.92 Å². The molecule has 0 spiro atoms. The van der Waals surface area contributed by atoms with E-state index in [1.165, 1.54) is 0 Å². The van der Waals surface area contributed by atoms with Gasteiger partial charge < -0.3 is 0 Å². The molecule has 11 heavy (non-hydrogen) atoms. The van der Waals surface area contributed by atoms with Crippen molar-refractivity contribution >= 4 is 5.57 Å². The maximum Gasteiger partial charge on any atom is 0.0346 e. The fourth-order valence-corrected chi connectivity index (χ4v) is 0.850. The molecule has 1 aromatic rings. The van der Waals surface area contributed by atoms with Crippen LogP contribution in [-0.2, 0) is 0 Å². The zero-order chi connectivity index (χ0) is 8.10. The number of hydrogen-bond donors (Lipinski definition) is 0. The zero-order valence-electron chi connectivity index (χ0n) is 6.62. The predicted molar refractivity (Wildman–Crippen MR) is 48.1 cm³/mol. The first-order valence-corrected chi connectivity index (χ1v) is 3.56. The molecule has 0 saturated heterocycles. The van der Waals surface area contributed by atoms with Gasteiger partial charge in [-0.2, -0.15) is 0 Å². The zero-order valence-corrected chi connectivity index (χ0v) is 6.62. The van der Waals surface area contributed by atoms with Crippen LogP contribution >= 0.6 is 0 Å². The van der Waals surface area contributed by atoms with Crippen LogP contribution in [0.25, 0.3) is 5.57 Å². The van der Waals surface area contributed by atoms with Crippen molar-refractivity contribution < 1.29 is 0 Å². The molecule has 0 fully saturated rings. The molecule has 0 unspecified atom stereocenters. The fourth-order valence-electron chi connectivity index (χ4n) is 0.850. The minimum absolute atomic E-state index is 1.00. The Morgan fingerprint density at radius 3 is 3.00 bits per heavy atom. The van der Waals surface area contributed by atoms with E-state index in [9.17, 15) is 0 Å². The molecule has 0 aliphatic carbocycles. The summed E-state index contributed by atoms with van der Waals surface area (Å²) in [6.45, 7) is 5.86. The average Bonchev–Trinajstić information content (AvgIpc) is 2.07. The number of nitrogens with zero attached hydrogens (tertiary/aromatic N) is 1. The molecule has 0 N–H and O–H groups in total. The van der Waals surface area contributed by atoms with Gasteiger partial charge in [-0.25, -0.2) is 0 Å². The van der Waals surface area contributed by atoms with E-state index < -0.39 is 0 Å². The second kappa shape index (κ2) is 3.71. The maximum atomic E-state index is 3.99. The number of rotatable bonds is 2. The Labute approximate surface area is 67.1 Å². The Balaban J connectivity index is 2.86. The van der Waals surface area contributed by atoms with Crippen LogP contribution in [0.3, 0.4) is 0 Å². The molecule has 0 radical (unpaired) electrons. The summed E-state index contributed by atoms with van der Waals surface area (Å²) < 4.78 is 0. The van der Waals surface area contributed by atoms with E-state index in [4.69, 9.17) is 0 Å². The molecule has 0 atom stereocenters. The second-order valence-corrected chi connectivity index (χ2v) is 2.27. The molecule has 0 aliphatic heterocycles. The van der Waals surface area contributed by atoms with Gasteiger partial charge in [0.1, 0.15) is 0 Å². The first kappa shape index (κ1) is 7.73. The van der Waals surface area contributed by atoms with Crippen molar-refractivity contribution in [2.24, 2.45) is 0 Å². The lowest BCUT2D eigenvalue weighted by Gasteiger charge is -1.96. The largest absolute Gasteiger partial charge is 0.264 e. The molecule has 0 bridgehead atoms. The van der Waals surface area contributed by atoms with Crippen LogP contribution in [-0.4, -0.2) is 4.98 Å². The lowest BCUT2D eigenvalue weighted by Crippen LogP contribution is -1.78. The highest BCUT2D eigenvalue weighted by Crippen LogP contribution is 2.10. The van der Waals surface area contributed by atoms with E-state index in [1.54, 1.807) is 6.20 Å². The van der Waals surface area contributed by atoms with Crippen molar-refractivity contribution in [3.05, 3.63) is 48.8 Å². The van der Waals surface area contributed by atoms with Gasteiger partial charge in [-0.3, -0.25) is 4.98 Å². The van der Waals surface area contributed by atoms with E-state index in [0.29, 0.717) is 0 Å². The minimum Gasteiger partial charge on any atom is -0.264 e. The third-order valence-electron chi connectivity index (χ3n) is 1.40. The van der Waals surface area contributed by atoms with E-state index >= 15 is 0 Å². The van der Waals surface area contributed by atoms with Gasteiger partial charge in [0.25, 0.3) is 0 Å². The number of allylic oxidation sites excluding steroid dienone is 3. The van der Waals surface area contributed by atoms with Gasteiger partial charge in [0, 0.05) is 12.4 Å². The highest BCUT2D eigenvalue weighted by molar-refractivity contribution is 5.70. The fraction of sp³-hybridized carbons (Fsp3) is 0.100. The van der Waals surface area contributed by atoms with Crippen molar-refractivity contribution in [2.75, 3.05) is 0 Å². The summed E-state index contributed by atoms with van der Waals surface area (Å²) >= 11 is 0. The van der Waals surface area contributed by atoms with E-state index in [2.05, 4.69) is 11.6 Å². The van der Waals surface area contributed by atoms with Crippen molar-refractivity contribution in [1.29, 1.82) is 0 Å². The highest BCUT2D eigenvalue weighted by Gasteiger charge is 1.90. The monoisotopic (exact) mass is 145 g/mol. The quantitative estimate of drug-likeness (QED) is 0.583. The van der Waals surface area contributed by atoms with Crippen LogP contribution in [0.1, 0.15) is 12.5 Å². The summed E-state index contributed by atoms with van der Waals surface area (Å²) in [6, 6.07) is 3.90. The van der Waals surface area contributed by atoms with Crippen LogP contribution in [0.5, 0.6) is 0 Å². The first-order chi connectivity index (χ1) is 5.34. The van der Waals surface area contributed by atoms with Gasteiger partial charge >= 0.3 is 0 Å². The molecule has 0 aromatic carbocycles. The van der Waals surface area contributed by atoms with Crippen LogP contribution in [0.2, 0.25) is 0 Å². The molecular formula is C10H11N. The maximum absolute atomic E-state index is 3.99. The summed E-state index contributed by atoms with van der Waals surface area (Å²) in [5.74, 6) is 0. The molecule has 0 amide bonds. The molecule has 1 aromatic heterocycles. The Bertz CT molecular complexity index is 259. The van der Waals surface area contributed by atoms with Gasteiger partial charge in [-0.1, -0.05) is 24.8 Å². The molecular weight excluding hydrogens is 134 g/mol. The molecule has 1 heterocycles. The van der Waals surface area contributed by atoms with Gasteiger partial charge in [-0.15, -0.1) is 0 Å². The van der Waals surface area contributed by atoms with Crippen molar-refractivity contribution in [3.63, 3.8) is 0 Å². The summed E-state index contributed by atoms with van der Waals surface area (Å²) in [6.07, 6.45) is 7.50. The number of aromatic nitrogens is 1. The number of hydrogen-bond acceptors (Lipinski definition) is 1. The molecule has 1 nitrogen and oxygen atoms in total. The predicted octanol–water partition coefficient (Wildman–Crippen LogP) is 2.67. The lowest BCUT2D eigenvalue weighted by molar-refractivity contribution is 1.31. The number of pyridine rings is 1. The SMILES string of the molecule is C=C(C=CC)c1cccnc1. The lowest BCUT2D eigenvalue weighted by atomic mass is 10.1. The van der Waals surface area contributed by atoms with Gasteiger partial charge in [0.2, 0.25) is 0 Å². The Morgan fingerprint density at radius 1 is 1.64 bits per heavy atom. The summed E-state index contributed by atoms with van der Waals surface area (Å²) in [5.41, 5.74) is 2.08. The molecule has 0 aliphatic rings. The van der Waals surface area contributed by atoms with Gasteiger partial charge in [-0.05, 0) is 24.1 Å². The molecule has 56 valence electrons. The molecule has 0 saturated carbocycles. The minimum atomic E-state index is 1.00. The van der Waals surface area contributed by atoms with Crippen molar-refractivity contribution in [1.82, 2.24) is 4.98 Å². The van der Waals surface area contributed by atoms with Crippen LogP contribution in [0.15, 0.2) is 43.3 Å². The Kier molecular flexibility index (Phi) is 2.61. The summed E-state index contributed by atoms with van der Waals surface area (Å²) in [7, 11) is 0. The smallest absolute Gasteiger partial charge is 0.0346 e. The van der Waals surface area contributed by atoms with E-state index in [1.807, 2.05) is 37.4 Å².